The number of ketones is 2. The minimum atomic E-state index is -1.72. The van der Waals surface area contributed by atoms with Crippen LogP contribution in [0.25, 0.3) is 0 Å². The van der Waals surface area contributed by atoms with Crippen molar-refractivity contribution in [3.05, 3.63) is 29.6 Å². The molecule has 0 fully saturated rings. The number of hydrogen-bond donors (Lipinski definition) is 1. The van der Waals surface area contributed by atoms with Gasteiger partial charge in [0, 0.05) is 0 Å². The van der Waals surface area contributed by atoms with Gasteiger partial charge in [0.05, 0.1) is 19.1 Å². The van der Waals surface area contributed by atoms with Crippen LogP contribution in [0.15, 0.2) is 18.2 Å². The van der Waals surface area contributed by atoms with Crippen LogP contribution < -0.4 is 4.74 Å². The minimum absolute atomic E-state index is 0.248. The summed E-state index contributed by atoms with van der Waals surface area (Å²) in [6, 6.07) is 3.44. The van der Waals surface area contributed by atoms with E-state index in [2.05, 4.69) is 0 Å². The third kappa shape index (κ3) is 3.10. The molecule has 0 aliphatic rings. The fourth-order valence-electron chi connectivity index (χ4n) is 1.16. The van der Waals surface area contributed by atoms with Crippen LogP contribution in [0.5, 0.6) is 5.75 Å². The number of carbonyl (C=O) groups excluding carboxylic acids is 2. The van der Waals surface area contributed by atoms with Gasteiger partial charge in [-0.1, -0.05) is 0 Å². The van der Waals surface area contributed by atoms with Crippen LogP contribution in [0.2, 0.25) is 0 Å². The summed E-state index contributed by atoms with van der Waals surface area (Å²) in [7, 11) is 1.34. The second-order valence-electron chi connectivity index (χ2n) is 3.17. The minimum Gasteiger partial charge on any atom is -0.497 e. The number of hydrogen-bond acceptors (Lipinski definition) is 4. The predicted molar refractivity (Wildman–Crippen MR) is 54.5 cm³/mol. The zero-order valence-corrected chi connectivity index (χ0v) is 8.90. The Morgan fingerprint density at radius 3 is 2.53 bits per heavy atom. The Bertz CT molecular complexity index is 481. The second kappa shape index (κ2) is 5.20. The second-order valence-corrected chi connectivity index (χ2v) is 3.17. The number of carboxylic acids is 1. The standard InChI is InChI=1S/C11H9FO5/c1-17-6-2-3-8(12)7(4-6)9(13)5-10(14)11(15)16/h2-4H,5H2,1H3,(H,15,16). The van der Waals surface area contributed by atoms with Crippen molar-refractivity contribution in [3.8, 4) is 5.75 Å². The summed E-state index contributed by atoms with van der Waals surface area (Å²) >= 11 is 0. The highest BCUT2D eigenvalue weighted by atomic mass is 19.1. The molecule has 0 atom stereocenters. The van der Waals surface area contributed by atoms with Crippen LogP contribution in [0.1, 0.15) is 16.8 Å². The lowest BCUT2D eigenvalue weighted by atomic mass is 10.1. The van der Waals surface area contributed by atoms with E-state index in [4.69, 9.17) is 9.84 Å². The highest BCUT2D eigenvalue weighted by Crippen LogP contribution is 2.18. The monoisotopic (exact) mass is 240 g/mol. The zero-order chi connectivity index (χ0) is 13.0. The summed E-state index contributed by atoms with van der Waals surface area (Å²) in [6.45, 7) is 0. The third-order valence-electron chi connectivity index (χ3n) is 2.03. The van der Waals surface area contributed by atoms with Crippen molar-refractivity contribution in [3.63, 3.8) is 0 Å². The SMILES string of the molecule is COc1ccc(F)c(C(=O)CC(=O)C(=O)O)c1. The maximum absolute atomic E-state index is 13.3. The van der Waals surface area contributed by atoms with Crippen LogP contribution in [-0.4, -0.2) is 29.8 Å². The Morgan fingerprint density at radius 2 is 2.00 bits per heavy atom. The van der Waals surface area contributed by atoms with Gasteiger partial charge in [-0.2, -0.15) is 0 Å². The topological polar surface area (TPSA) is 80.7 Å². The fraction of sp³-hybridized carbons (Fsp3) is 0.182. The van der Waals surface area contributed by atoms with E-state index in [1.807, 2.05) is 0 Å². The molecule has 90 valence electrons. The molecule has 0 saturated carbocycles. The first kappa shape index (κ1) is 12.8. The molecule has 0 spiro atoms. The molecular weight excluding hydrogens is 231 g/mol. The van der Waals surface area contributed by atoms with Gasteiger partial charge in [0.15, 0.2) is 5.78 Å². The van der Waals surface area contributed by atoms with Gasteiger partial charge in [0.1, 0.15) is 11.6 Å². The summed E-state index contributed by atoms with van der Waals surface area (Å²) in [6.07, 6.45) is -0.876. The number of carbonyl (C=O) groups is 3. The van der Waals surface area contributed by atoms with Gasteiger partial charge >= 0.3 is 5.97 Å². The van der Waals surface area contributed by atoms with E-state index >= 15 is 0 Å². The smallest absolute Gasteiger partial charge is 0.372 e. The van der Waals surface area contributed by atoms with E-state index in [1.54, 1.807) is 0 Å². The Labute approximate surface area is 95.8 Å². The van der Waals surface area contributed by atoms with Gasteiger partial charge in [0.2, 0.25) is 5.78 Å². The van der Waals surface area contributed by atoms with Crippen LogP contribution in [-0.2, 0) is 9.59 Å². The van der Waals surface area contributed by atoms with E-state index in [9.17, 15) is 18.8 Å². The van der Waals surface area contributed by atoms with Crippen molar-refractivity contribution in [1.82, 2.24) is 0 Å². The predicted octanol–water partition coefficient (Wildman–Crippen LogP) is 1.06. The van der Waals surface area contributed by atoms with Gasteiger partial charge < -0.3 is 9.84 Å². The van der Waals surface area contributed by atoms with Crippen molar-refractivity contribution in [2.24, 2.45) is 0 Å². The average Bonchev–Trinajstić information content (AvgIpc) is 2.29. The number of methoxy groups -OCH3 is 1. The largest absolute Gasteiger partial charge is 0.497 e. The Hall–Kier alpha value is -2.24. The van der Waals surface area contributed by atoms with E-state index in [0.717, 1.165) is 12.1 Å². The molecule has 1 aromatic rings. The number of benzene rings is 1. The van der Waals surface area contributed by atoms with Gasteiger partial charge in [-0.25, -0.2) is 9.18 Å². The van der Waals surface area contributed by atoms with E-state index < -0.39 is 29.8 Å². The number of ether oxygens (including phenoxy) is 1. The van der Waals surface area contributed by atoms with Crippen LogP contribution in [0.4, 0.5) is 4.39 Å². The molecule has 0 unspecified atom stereocenters. The first-order chi connectivity index (χ1) is 7.95. The van der Waals surface area contributed by atoms with Gasteiger partial charge in [-0.3, -0.25) is 9.59 Å². The molecule has 17 heavy (non-hydrogen) atoms. The van der Waals surface area contributed by atoms with Crippen LogP contribution in [0, 0.1) is 5.82 Å². The van der Waals surface area contributed by atoms with E-state index in [-0.39, 0.29) is 11.3 Å². The lowest BCUT2D eigenvalue weighted by Gasteiger charge is -2.04. The van der Waals surface area contributed by atoms with E-state index in [1.165, 1.54) is 13.2 Å². The first-order valence-corrected chi connectivity index (χ1v) is 4.58. The summed E-state index contributed by atoms with van der Waals surface area (Å²) < 4.78 is 18.1. The molecule has 5 nitrogen and oxygen atoms in total. The van der Waals surface area contributed by atoms with Crippen LogP contribution in [0.3, 0.4) is 0 Å². The molecule has 1 N–H and O–H groups in total. The highest BCUT2D eigenvalue weighted by molar-refractivity contribution is 6.37. The summed E-state index contributed by atoms with van der Waals surface area (Å²) in [5, 5.41) is 8.33. The molecule has 0 saturated heterocycles. The molecule has 0 bridgehead atoms. The summed E-state index contributed by atoms with van der Waals surface area (Å²) in [5.74, 6) is -4.47. The lowest BCUT2D eigenvalue weighted by Crippen LogP contribution is -2.17. The molecular formula is C11H9FO5. The molecule has 6 heteroatoms. The van der Waals surface area contributed by atoms with Crippen molar-refractivity contribution >= 4 is 17.5 Å². The molecule has 0 aliphatic heterocycles. The Balaban J connectivity index is 2.95. The number of Topliss-reactive ketones (excluding diaryl/α,β-unsaturated/α-hetero) is 2. The van der Waals surface area contributed by atoms with Crippen molar-refractivity contribution in [1.29, 1.82) is 0 Å². The normalized spacial score (nSPS) is 9.76. The number of aliphatic carboxylic acids is 1. The number of halogens is 1. The van der Waals surface area contributed by atoms with E-state index in [0.29, 0.717) is 0 Å². The number of carboxylic acid groups (broad SMARTS) is 1. The molecule has 0 aromatic heterocycles. The first-order valence-electron chi connectivity index (χ1n) is 4.58. The fourth-order valence-corrected chi connectivity index (χ4v) is 1.16. The Kier molecular flexibility index (Phi) is 3.92. The Morgan fingerprint density at radius 1 is 1.35 bits per heavy atom. The zero-order valence-electron chi connectivity index (χ0n) is 8.90. The van der Waals surface area contributed by atoms with Crippen LogP contribution >= 0.6 is 0 Å². The summed E-state index contributed by atoms with van der Waals surface area (Å²) in [4.78, 5) is 32.5. The molecule has 1 aromatic carbocycles. The molecule has 0 aliphatic carbocycles. The highest BCUT2D eigenvalue weighted by Gasteiger charge is 2.20. The number of rotatable bonds is 5. The maximum atomic E-state index is 13.3. The van der Waals surface area contributed by atoms with Gasteiger partial charge in [-0.15, -0.1) is 0 Å². The quantitative estimate of drug-likeness (QED) is 0.473. The average molecular weight is 240 g/mol. The lowest BCUT2D eigenvalue weighted by molar-refractivity contribution is -0.148. The molecule has 0 amide bonds. The van der Waals surface area contributed by atoms with Crippen molar-refractivity contribution < 1.29 is 28.6 Å². The maximum Gasteiger partial charge on any atom is 0.372 e. The van der Waals surface area contributed by atoms with Crippen molar-refractivity contribution in [2.45, 2.75) is 6.42 Å². The van der Waals surface area contributed by atoms with Gasteiger partial charge in [0.25, 0.3) is 0 Å². The summed E-state index contributed by atoms with van der Waals surface area (Å²) in [5.41, 5.74) is -0.362. The van der Waals surface area contributed by atoms with Crippen molar-refractivity contribution in [2.75, 3.05) is 7.11 Å². The third-order valence-corrected chi connectivity index (χ3v) is 2.03. The molecule has 0 radical (unpaired) electrons. The molecule has 0 heterocycles. The van der Waals surface area contributed by atoms with Gasteiger partial charge in [-0.05, 0) is 18.2 Å². The molecule has 1 rings (SSSR count).